The number of nitrogens with zero attached hydrogens (tertiary/aromatic N) is 3. The highest BCUT2D eigenvalue weighted by molar-refractivity contribution is 5.83. The molecule has 0 bridgehead atoms. The number of carbonyl (C=O) groups is 2. The Balaban J connectivity index is 1.54. The summed E-state index contributed by atoms with van der Waals surface area (Å²) in [5.74, 6) is 0.510. The van der Waals surface area contributed by atoms with Crippen LogP contribution in [0.3, 0.4) is 0 Å². The molecule has 1 saturated heterocycles. The lowest BCUT2D eigenvalue weighted by atomic mass is 10.2. The molecule has 1 aromatic heterocycles. The zero-order valence-electron chi connectivity index (χ0n) is 18.0. The Morgan fingerprint density at radius 1 is 1.19 bits per heavy atom. The van der Waals surface area contributed by atoms with Gasteiger partial charge in [-0.05, 0) is 37.5 Å². The maximum absolute atomic E-state index is 13.0. The molecule has 3 aromatic rings. The maximum Gasteiger partial charge on any atom is 0.249 e. The predicted octanol–water partition coefficient (Wildman–Crippen LogP) is 3.05. The van der Waals surface area contributed by atoms with Crippen LogP contribution in [0.25, 0.3) is 11.0 Å². The molecular formula is C24H28N4O3. The standard InChI is InChI=1S/C24H28N4O3/c1-17(25-24(30)21-13-8-14-31-21)23-26-19-11-6-7-12-20(19)28(23)16-22(29)27(2)15-18-9-4-3-5-10-18/h3-7,9-12,17,21H,8,13-16H2,1-2H3,(H,25,30). The van der Waals surface area contributed by atoms with Crippen LogP contribution in [-0.4, -0.2) is 46.0 Å². The fourth-order valence-electron chi connectivity index (χ4n) is 3.95. The number of nitrogens with one attached hydrogen (secondary N) is 1. The lowest BCUT2D eigenvalue weighted by Gasteiger charge is -2.21. The van der Waals surface area contributed by atoms with Crippen LogP contribution in [0.1, 0.15) is 37.2 Å². The van der Waals surface area contributed by atoms with Crippen LogP contribution >= 0.6 is 0 Å². The topological polar surface area (TPSA) is 76.5 Å². The van der Waals surface area contributed by atoms with Crippen molar-refractivity contribution >= 4 is 22.8 Å². The van der Waals surface area contributed by atoms with Crippen molar-refractivity contribution in [3.05, 3.63) is 66.0 Å². The SMILES string of the molecule is CC(NC(=O)C1CCCO1)c1nc2ccccc2n1CC(=O)N(C)Cc1ccccc1. The second kappa shape index (κ2) is 9.31. The smallest absolute Gasteiger partial charge is 0.249 e. The Morgan fingerprint density at radius 3 is 2.68 bits per heavy atom. The van der Waals surface area contributed by atoms with Gasteiger partial charge >= 0.3 is 0 Å². The van der Waals surface area contributed by atoms with Gasteiger partial charge in [-0.2, -0.15) is 0 Å². The summed E-state index contributed by atoms with van der Waals surface area (Å²) in [6, 6.07) is 17.3. The molecule has 0 aliphatic carbocycles. The van der Waals surface area contributed by atoms with Crippen LogP contribution in [0, 0.1) is 0 Å². The molecule has 0 saturated carbocycles. The molecule has 7 nitrogen and oxygen atoms in total. The number of aromatic nitrogens is 2. The highest BCUT2D eigenvalue weighted by Crippen LogP contribution is 2.22. The molecule has 0 spiro atoms. The molecule has 4 rings (SSSR count). The largest absolute Gasteiger partial charge is 0.368 e. The number of fused-ring (bicyclic) bond motifs is 1. The lowest BCUT2D eigenvalue weighted by molar-refractivity contribution is -0.131. The van der Waals surface area contributed by atoms with Crippen LogP contribution in [0.15, 0.2) is 54.6 Å². The maximum atomic E-state index is 13.0. The van der Waals surface area contributed by atoms with Crippen molar-refractivity contribution in [2.24, 2.45) is 0 Å². The van der Waals surface area contributed by atoms with Gasteiger partial charge in [-0.15, -0.1) is 0 Å². The van der Waals surface area contributed by atoms with Crippen molar-refractivity contribution in [1.29, 1.82) is 0 Å². The highest BCUT2D eigenvalue weighted by atomic mass is 16.5. The van der Waals surface area contributed by atoms with Crippen LogP contribution in [0.2, 0.25) is 0 Å². The Labute approximate surface area is 182 Å². The summed E-state index contributed by atoms with van der Waals surface area (Å²) in [7, 11) is 1.80. The van der Waals surface area contributed by atoms with Crippen molar-refractivity contribution in [1.82, 2.24) is 19.8 Å². The Bertz CT molecular complexity index is 1060. The number of hydrogen-bond acceptors (Lipinski definition) is 4. The molecule has 2 amide bonds. The minimum Gasteiger partial charge on any atom is -0.368 e. The minimum absolute atomic E-state index is 0.0223. The van der Waals surface area contributed by atoms with E-state index in [1.165, 1.54) is 0 Å². The first-order valence-electron chi connectivity index (χ1n) is 10.7. The number of carbonyl (C=O) groups excluding carboxylic acids is 2. The van der Waals surface area contributed by atoms with E-state index in [-0.39, 0.29) is 24.4 Å². The van der Waals surface area contributed by atoms with Crippen LogP contribution in [-0.2, 0) is 27.4 Å². The van der Waals surface area contributed by atoms with Crippen LogP contribution < -0.4 is 5.32 Å². The molecule has 1 aliphatic heterocycles. The van der Waals surface area contributed by atoms with Gasteiger partial charge in [0.05, 0.1) is 17.1 Å². The summed E-state index contributed by atoms with van der Waals surface area (Å²) in [6.07, 6.45) is 1.23. The Kier molecular flexibility index (Phi) is 6.32. The number of hydrogen-bond donors (Lipinski definition) is 1. The molecule has 162 valence electrons. The summed E-state index contributed by atoms with van der Waals surface area (Å²) in [5.41, 5.74) is 2.75. The summed E-state index contributed by atoms with van der Waals surface area (Å²) in [4.78, 5) is 32.0. The van der Waals surface area contributed by atoms with Crippen molar-refractivity contribution < 1.29 is 14.3 Å². The zero-order chi connectivity index (χ0) is 21.8. The normalized spacial score (nSPS) is 16.9. The van der Waals surface area contributed by atoms with E-state index in [9.17, 15) is 9.59 Å². The molecule has 1 aliphatic rings. The van der Waals surface area contributed by atoms with E-state index >= 15 is 0 Å². The van der Waals surface area contributed by atoms with E-state index < -0.39 is 6.10 Å². The van der Waals surface area contributed by atoms with Gasteiger partial charge in [0.1, 0.15) is 18.5 Å². The summed E-state index contributed by atoms with van der Waals surface area (Å²) >= 11 is 0. The third kappa shape index (κ3) is 4.77. The number of rotatable bonds is 7. The molecule has 7 heteroatoms. The highest BCUT2D eigenvalue weighted by Gasteiger charge is 2.27. The zero-order valence-corrected chi connectivity index (χ0v) is 18.0. The van der Waals surface area contributed by atoms with Gasteiger partial charge < -0.3 is 19.5 Å². The van der Waals surface area contributed by atoms with E-state index in [1.807, 2.05) is 66.1 Å². The fraction of sp³-hybridized carbons (Fsp3) is 0.375. The molecule has 2 heterocycles. The van der Waals surface area contributed by atoms with Gasteiger partial charge in [-0.25, -0.2) is 4.98 Å². The lowest BCUT2D eigenvalue weighted by Crippen LogP contribution is -2.37. The first-order chi connectivity index (χ1) is 15.0. The molecule has 2 aromatic carbocycles. The second-order valence-corrected chi connectivity index (χ2v) is 8.01. The van der Waals surface area contributed by atoms with E-state index in [1.54, 1.807) is 11.9 Å². The molecule has 31 heavy (non-hydrogen) atoms. The molecule has 0 radical (unpaired) electrons. The molecule has 2 unspecified atom stereocenters. The van der Waals surface area contributed by atoms with Gasteiger partial charge in [0.25, 0.3) is 0 Å². The third-order valence-corrected chi connectivity index (χ3v) is 5.63. The van der Waals surface area contributed by atoms with Gasteiger partial charge in [-0.3, -0.25) is 9.59 Å². The van der Waals surface area contributed by atoms with Gasteiger partial charge in [0.2, 0.25) is 11.8 Å². The molecule has 1 N–H and O–H groups in total. The van der Waals surface area contributed by atoms with E-state index in [0.717, 1.165) is 29.4 Å². The number of likely N-dealkylation sites (N-methyl/N-ethyl adjacent to an activating group) is 1. The molecular weight excluding hydrogens is 392 g/mol. The van der Waals surface area contributed by atoms with Crippen LogP contribution in [0.4, 0.5) is 0 Å². The number of para-hydroxylation sites is 2. The molecule has 2 atom stereocenters. The van der Waals surface area contributed by atoms with Crippen LogP contribution in [0.5, 0.6) is 0 Å². The summed E-state index contributed by atoms with van der Waals surface area (Å²) < 4.78 is 7.40. The first kappa shape index (κ1) is 21.1. The van der Waals surface area contributed by atoms with E-state index in [4.69, 9.17) is 9.72 Å². The number of amides is 2. The number of benzene rings is 2. The van der Waals surface area contributed by atoms with Gasteiger partial charge in [0.15, 0.2) is 0 Å². The summed E-state index contributed by atoms with van der Waals surface area (Å²) in [6.45, 7) is 3.20. The van der Waals surface area contributed by atoms with Crippen molar-refractivity contribution in [3.63, 3.8) is 0 Å². The Hall–Kier alpha value is -3.19. The average Bonchev–Trinajstić information content (AvgIpc) is 3.43. The monoisotopic (exact) mass is 420 g/mol. The fourth-order valence-corrected chi connectivity index (χ4v) is 3.95. The number of imidazole rings is 1. The first-order valence-corrected chi connectivity index (χ1v) is 10.7. The van der Waals surface area contributed by atoms with E-state index in [2.05, 4.69) is 5.32 Å². The predicted molar refractivity (Wildman–Crippen MR) is 118 cm³/mol. The quantitative estimate of drug-likeness (QED) is 0.637. The van der Waals surface area contributed by atoms with Gasteiger partial charge in [0, 0.05) is 20.2 Å². The minimum atomic E-state index is -0.404. The summed E-state index contributed by atoms with van der Waals surface area (Å²) in [5, 5.41) is 3.01. The second-order valence-electron chi connectivity index (χ2n) is 8.01. The van der Waals surface area contributed by atoms with Crippen molar-refractivity contribution in [3.8, 4) is 0 Å². The Morgan fingerprint density at radius 2 is 1.94 bits per heavy atom. The average molecular weight is 421 g/mol. The number of ether oxygens (including phenoxy) is 1. The third-order valence-electron chi connectivity index (χ3n) is 5.63. The van der Waals surface area contributed by atoms with Crippen molar-refractivity contribution in [2.45, 2.75) is 45.0 Å². The molecule has 1 fully saturated rings. The van der Waals surface area contributed by atoms with Crippen molar-refractivity contribution in [2.75, 3.05) is 13.7 Å². The van der Waals surface area contributed by atoms with Gasteiger partial charge in [-0.1, -0.05) is 42.5 Å². The van der Waals surface area contributed by atoms with E-state index in [0.29, 0.717) is 19.0 Å².